The number of amides is 1. The van der Waals surface area contributed by atoms with Crippen molar-refractivity contribution in [3.8, 4) is 0 Å². The molecular formula is C20H23Cl2N3O2S2. The second-order valence-electron chi connectivity index (χ2n) is 7.83. The predicted molar refractivity (Wildman–Crippen MR) is 125 cm³/mol. The molecule has 1 aliphatic rings. The van der Waals surface area contributed by atoms with Crippen molar-refractivity contribution < 1.29 is 9.00 Å². The zero-order chi connectivity index (χ0) is 21.6. The highest BCUT2D eigenvalue weighted by molar-refractivity contribution is 8.02. The number of aliphatic imine (C=N–C) groups is 1. The molecule has 0 saturated heterocycles. The lowest BCUT2D eigenvalue weighted by atomic mass is 10.0. The molecule has 3 rings (SSSR count). The average Bonchev–Trinajstić information content (AvgIpc) is 3.02. The zero-order valence-electron chi connectivity index (χ0n) is 16.4. The fraction of sp³-hybridized carbons (Fsp3) is 0.350. The van der Waals surface area contributed by atoms with Crippen molar-refractivity contribution in [3.63, 3.8) is 0 Å². The molecular weight excluding hydrogens is 449 g/mol. The van der Waals surface area contributed by atoms with Gasteiger partial charge in [0.2, 0.25) is 0 Å². The van der Waals surface area contributed by atoms with Crippen LogP contribution in [0.5, 0.6) is 0 Å². The van der Waals surface area contributed by atoms with E-state index < -0.39 is 19.8 Å². The molecule has 29 heavy (non-hydrogen) atoms. The van der Waals surface area contributed by atoms with Gasteiger partial charge in [-0.05, 0) is 59.9 Å². The molecule has 9 heteroatoms. The molecule has 156 valence electrons. The van der Waals surface area contributed by atoms with Crippen LogP contribution in [0.15, 0.2) is 35.3 Å². The molecule has 0 fully saturated rings. The summed E-state index contributed by atoms with van der Waals surface area (Å²) in [6, 6.07) is 8.85. The normalized spacial score (nSPS) is 26.0. The average molecular weight is 472 g/mol. The third-order valence-corrected chi connectivity index (χ3v) is 10.3. The third kappa shape index (κ3) is 4.19. The number of rotatable bonds is 4. The van der Waals surface area contributed by atoms with Gasteiger partial charge in [-0.25, -0.2) is 0 Å². The highest BCUT2D eigenvalue weighted by Crippen LogP contribution is 2.43. The number of amidine groups is 1. The molecule has 3 N–H and O–H groups in total. The molecule has 1 unspecified atom stereocenters. The lowest BCUT2D eigenvalue weighted by molar-refractivity contribution is 0.0955. The smallest absolute Gasteiger partial charge is 0.261 e. The number of hydrogen-bond donors (Lipinski definition) is 2. The molecule has 5 nitrogen and oxygen atoms in total. The minimum absolute atomic E-state index is 0.208. The van der Waals surface area contributed by atoms with Gasteiger partial charge in [0.15, 0.2) is 0 Å². The van der Waals surface area contributed by atoms with Gasteiger partial charge < -0.3 is 11.1 Å². The summed E-state index contributed by atoms with van der Waals surface area (Å²) in [5.74, 6) is 4.18. The number of thiophene rings is 1. The minimum Gasteiger partial charge on any atom is -0.386 e. The predicted octanol–water partition coefficient (Wildman–Crippen LogP) is 4.07. The van der Waals surface area contributed by atoms with E-state index in [9.17, 15) is 9.00 Å². The Balaban J connectivity index is 1.85. The van der Waals surface area contributed by atoms with E-state index in [-0.39, 0.29) is 17.5 Å². The summed E-state index contributed by atoms with van der Waals surface area (Å²) < 4.78 is 12.4. The van der Waals surface area contributed by atoms with Crippen molar-refractivity contribution in [2.45, 2.75) is 37.6 Å². The maximum atomic E-state index is 13.2. The van der Waals surface area contributed by atoms with Crippen LogP contribution in [0.1, 0.15) is 40.9 Å². The van der Waals surface area contributed by atoms with E-state index in [1.54, 1.807) is 32.0 Å². The van der Waals surface area contributed by atoms with Gasteiger partial charge in [0.25, 0.3) is 5.91 Å². The van der Waals surface area contributed by atoms with Gasteiger partial charge in [0.1, 0.15) is 11.4 Å². The van der Waals surface area contributed by atoms with Crippen LogP contribution in [-0.2, 0) is 21.6 Å². The second-order valence-corrected chi connectivity index (χ2v) is 12.7. The van der Waals surface area contributed by atoms with Crippen molar-refractivity contribution in [2.24, 2.45) is 10.7 Å². The van der Waals surface area contributed by atoms with Crippen molar-refractivity contribution in [1.29, 1.82) is 0 Å². The van der Waals surface area contributed by atoms with Gasteiger partial charge in [-0.2, -0.15) is 0 Å². The molecule has 1 aromatic heterocycles. The molecule has 0 spiro atoms. The summed E-state index contributed by atoms with van der Waals surface area (Å²) in [6.45, 7) is 5.76. The monoisotopic (exact) mass is 471 g/mol. The summed E-state index contributed by atoms with van der Waals surface area (Å²) in [4.78, 5) is 18.4. The first kappa shape index (κ1) is 22.2. The summed E-state index contributed by atoms with van der Waals surface area (Å²) in [7, 11) is -2.56. The number of nitrogens with two attached hydrogens (primary N) is 1. The van der Waals surface area contributed by atoms with Crippen LogP contribution in [0.3, 0.4) is 0 Å². The Morgan fingerprint density at radius 3 is 2.52 bits per heavy atom. The summed E-state index contributed by atoms with van der Waals surface area (Å²) in [5, 5.41) is 3.91. The lowest BCUT2D eigenvalue weighted by Gasteiger charge is -2.40. The number of halogens is 2. The van der Waals surface area contributed by atoms with Crippen LogP contribution < -0.4 is 11.1 Å². The maximum Gasteiger partial charge on any atom is 0.261 e. The van der Waals surface area contributed by atoms with Crippen LogP contribution >= 0.6 is 34.5 Å². The molecule has 0 aliphatic carbocycles. The number of hydrogen-bond acceptors (Lipinski definition) is 5. The van der Waals surface area contributed by atoms with Gasteiger partial charge in [0.05, 0.1) is 19.5 Å². The van der Waals surface area contributed by atoms with Crippen LogP contribution in [0.25, 0.3) is 0 Å². The topological polar surface area (TPSA) is 84.5 Å². The number of nitrogens with zero attached hydrogens (tertiary/aromatic N) is 1. The quantitative estimate of drug-likeness (QED) is 0.658. The largest absolute Gasteiger partial charge is 0.386 e. The van der Waals surface area contributed by atoms with E-state index in [4.69, 9.17) is 28.9 Å². The van der Waals surface area contributed by atoms with Crippen molar-refractivity contribution in [2.75, 3.05) is 5.75 Å². The third-order valence-electron chi connectivity index (χ3n) is 5.19. The van der Waals surface area contributed by atoms with E-state index >= 15 is 0 Å². The van der Waals surface area contributed by atoms with E-state index in [1.807, 2.05) is 19.1 Å². The van der Waals surface area contributed by atoms with Gasteiger partial charge in [-0.1, -0.05) is 35.3 Å². The summed E-state index contributed by atoms with van der Waals surface area (Å²) in [6.07, 6.45) is 0. The van der Waals surface area contributed by atoms with Crippen molar-refractivity contribution >= 4 is 61.7 Å². The number of nitrogens with one attached hydrogen (secondary N) is 1. The zero-order valence-corrected chi connectivity index (χ0v) is 19.6. The molecule has 1 aliphatic heterocycles. The van der Waals surface area contributed by atoms with Gasteiger partial charge in [-0.3, -0.25) is 14.0 Å². The van der Waals surface area contributed by atoms with Crippen LogP contribution in [0.4, 0.5) is 0 Å². The van der Waals surface area contributed by atoms with Crippen molar-refractivity contribution in [3.05, 3.63) is 55.7 Å². The highest BCUT2D eigenvalue weighted by Gasteiger charge is 2.46. The van der Waals surface area contributed by atoms with Gasteiger partial charge in [-0.15, -0.1) is 11.3 Å². The van der Waals surface area contributed by atoms with Gasteiger partial charge >= 0.3 is 0 Å². The first-order valence-electron chi connectivity index (χ1n) is 8.88. The second kappa shape index (κ2) is 7.61. The highest BCUT2D eigenvalue weighted by atomic mass is 35.5. The molecule has 2 atom stereocenters. The molecule has 0 saturated carbocycles. The lowest BCUT2D eigenvalue weighted by Crippen LogP contribution is -2.54. The summed E-state index contributed by atoms with van der Waals surface area (Å²) >= 11 is 13.6. The SMILES string of the molecule is C=S1(=O)C[C@@](C)(c2sc(C(=O)NCc3ccc(Cl)cc3)cc2Cl)N=C(N)C1(C)C. The fourth-order valence-corrected chi connectivity index (χ4v) is 6.76. The first-order valence-corrected chi connectivity index (χ1v) is 12.4. The maximum absolute atomic E-state index is 13.2. The summed E-state index contributed by atoms with van der Waals surface area (Å²) in [5.41, 5.74) is 6.18. The Labute approximate surface area is 185 Å². The van der Waals surface area contributed by atoms with E-state index in [0.717, 1.165) is 5.56 Å². The Kier molecular flexibility index (Phi) is 5.82. The Morgan fingerprint density at radius 2 is 1.93 bits per heavy atom. The molecule has 0 radical (unpaired) electrons. The number of carbonyl (C=O) groups is 1. The van der Waals surface area contributed by atoms with Crippen LogP contribution in [-0.4, -0.2) is 32.3 Å². The van der Waals surface area contributed by atoms with Gasteiger partial charge in [0, 0.05) is 17.3 Å². The standard InChI is InChI=1S/C20H23Cl2N3O2S2/c1-19(2)18(23)25-20(3,11-29(19,4)27)16-14(22)9-15(28-16)17(26)24-10-12-5-7-13(21)8-6-12/h5-9H,4,10-11H2,1-3H3,(H2,23,25)(H,24,26)/t20-,29?/m0/s1. The molecule has 0 bridgehead atoms. The van der Waals surface area contributed by atoms with Crippen LogP contribution in [0, 0.1) is 0 Å². The molecule has 2 aromatic rings. The van der Waals surface area contributed by atoms with E-state index in [2.05, 4.69) is 16.2 Å². The Hall–Kier alpha value is -1.54. The van der Waals surface area contributed by atoms with Crippen molar-refractivity contribution in [1.82, 2.24) is 5.32 Å². The molecule has 2 heterocycles. The van der Waals surface area contributed by atoms with Crippen LogP contribution in [0.2, 0.25) is 10.0 Å². The van der Waals surface area contributed by atoms with E-state index in [0.29, 0.717) is 26.3 Å². The number of carbonyl (C=O) groups excluding carboxylic acids is 1. The minimum atomic E-state index is -2.56. The Morgan fingerprint density at radius 1 is 1.31 bits per heavy atom. The molecule has 1 amide bonds. The fourth-order valence-electron chi connectivity index (χ4n) is 3.09. The number of benzene rings is 1. The van der Waals surface area contributed by atoms with E-state index in [1.165, 1.54) is 11.3 Å². The molecule has 1 aromatic carbocycles. The Bertz CT molecular complexity index is 1090. The first-order chi connectivity index (χ1) is 13.4.